The summed E-state index contributed by atoms with van der Waals surface area (Å²) in [5.41, 5.74) is 3.21. The van der Waals surface area contributed by atoms with Crippen molar-refractivity contribution >= 4 is 11.6 Å². The molecule has 5 nitrogen and oxygen atoms in total. The van der Waals surface area contributed by atoms with Gasteiger partial charge in [0.05, 0.1) is 17.9 Å². The Morgan fingerprint density at radius 3 is 2.55 bits per heavy atom. The minimum Gasteiger partial charge on any atom is -0.308 e. The summed E-state index contributed by atoms with van der Waals surface area (Å²) in [5.74, 6) is 0. The van der Waals surface area contributed by atoms with Gasteiger partial charge in [-0.2, -0.15) is 10.2 Å². The highest BCUT2D eigenvalue weighted by molar-refractivity contribution is 6.30. The summed E-state index contributed by atoms with van der Waals surface area (Å²) in [7, 11) is 1.86. The Morgan fingerprint density at radius 1 is 1.35 bits per heavy atom. The molecule has 0 saturated carbocycles. The van der Waals surface area contributed by atoms with Gasteiger partial charge in [-0.1, -0.05) is 11.6 Å². The Labute approximate surface area is 124 Å². The van der Waals surface area contributed by atoms with Gasteiger partial charge in [0.15, 0.2) is 0 Å². The molecule has 2 aromatic rings. The van der Waals surface area contributed by atoms with Crippen molar-refractivity contribution < 1.29 is 0 Å². The number of nitrogens with zero attached hydrogens (tertiary/aromatic N) is 4. The Morgan fingerprint density at radius 2 is 2.05 bits per heavy atom. The van der Waals surface area contributed by atoms with E-state index in [1.54, 1.807) is 4.68 Å². The number of hydrogen-bond acceptors (Lipinski definition) is 3. The van der Waals surface area contributed by atoms with Gasteiger partial charge in [-0.3, -0.25) is 9.36 Å². The molecule has 0 unspecified atom stereocenters. The number of halogens is 1. The van der Waals surface area contributed by atoms with Crippen molar-refractivity contribution in [2.45, 2.75) is 46.3 Å². The van der Waals surface area contributed by atoms with E-state index in [0.717, 1.165) is 11.3 Å². The van der Waals surface area contributed by atoms with Gasteiger partial charge < -0.3 is 5.32 Å². The van der Waals surface area contributed by atoms with Gasteiger partial charge in [0.25, 0.3) is 0 Å². The van der Waals surface area contributed by atoms with Crippen LogP contribution in [-0.4, -0.2) is 25.6 Å². The van der Waals surface area contributed by atoms with Crippen LogP contribution in [0.25, 0.3) is 0 Å². The highest BCUT2D eigenvalue weighted by Crippen LogP contribution is 2.19. The number of aryl methyl sites for hydroxylation is 3. The molecule has 0 fully saturated rings. The molecule has 0 aliphatic rings. The summed E-state index contributed by atoms with van der Waals surface area (Å²) < 4.78 is 3.70. The third-order valence-electron chi connectivity index (χ3n) is 3.74. The highest BCUT2D eigenvalue weighted by Gasteiger charge is 2.17. The van der Waals surface area contributed by atoms with Crippen LogP contribution < -0.4 is 5.32 Å². The summed E-state index contributed by atoms with van der Waals surface area (Å²) in [6.45, 7) is 9.05. The molecule has 1 N–H and O–H groups in total. The van der Waals surface area contributed by atoms with Crippen LogP contribution in [0, 0.1) is 13.8 Å². The monoisotopic (exact) mass is 295 g/mol. The maximum atomic E-state index is 6.24. The van der Waals surface area contributed by atoms with E-state index in [2.05, 4.69) is 35.6 Å². The quantitative estimate of drug-likeness (QED) is 0.922. The first-order valence-corrected chi connectivity index (χ1v) is 7.20. The largest absolute Gasteiger partial charge is 0.308 e. The van der Waals surface area contributed by atoms with E-state index in [0.29, 0.717) is 11.7 Å². The molecule has 0 aliphatic heterocycles. The Hall–Kier alpha value is -1.33. The van der Waals surface area contributed by atoms with Crippen molar-refractivity contribution in [2.75, 3.05) is 0 Å². The normalized spacial score (nSPS) is 14.5. The summed E-state index contributed by atoms with van der Waals surface area (Å²) in [4.78, 5) is 0. The van der Waals surface area contributed by atoms with Crippen LogP contribution in [0.5, 0.6) is 0 Å². The van der Waals surface area contributed by atoms with Gasteiger partial charge in [0, 0.05) is 31.4 Å². The van der Waals surface area contributed by atoms with Crippen molar-refractivity contribution in [3.63, 3.8) is 0 Å². The third-order valence-corrected chi connectivity index (χ3v) is 4.21. The second-order valence-electron chi connectivity index (χ2n) is 5.39. The van der Waals surface area contributed by atoms with E-state index >= 15 is 0 Å². The summed E-state index contributed by atoms with van der Waals surface area (Å²) in [5, 5.41) is 12.9. The first-order chi connectivity index (χ1) is 9.40. The molecule has 2 atom stereocenters. The van der Waals surface area contributed by atoms with Gasteiger partial charge in [-0.25, -0.2) is 0 Å². The number of hydrogen-bond donors (Lipinski definition) is 1. The Balaban J connectivity index is 2.00. The molecule has 2 rings (SSSR count). The molecule has 6 heteroatoms. The standard InChI is InChI=1S/C14H22ClN5/c1-9-6-17-20(8-9)12(4)10(2)16-7-13-11(3)18-19(5)14(13)15/h6,8,10,12,16H,7H2,1-5H3/t10-,12+/m1/s1. The lowest BCUT2D eigenvalue weighted by Crippen LogP contribution is -2.33. The average Bonchev–Trinajstić information content (AvgIpc) is 2.92. The Kier molecular flexibility index (Phi) is 4.50. The zero-order chi connectivity index (χ0) is 14.9. The lowest BCUT2D eigenvalue weighted by Gasteiger charge is -2.21. The highest BCUT2D eigenvalue weighted by atomic mass is 35.5. The topological polar surface area (TPSA) is 47.7 Å². The van der Waals surface area contributed by atoms with Crippen LogP contribution in [0.4, 0.5) is 0 Å². The molecular weight excluding hydrogens is 274 g/mol. The van der Waals surface area contributed by atoms with Crippen LogP contribution in [-0.2, 0) is 13.6 Å². The average molecular weight is 296 g/mol. The van der Waals surface area contributed by atoms with E-state index in [1.807, 2.05) is 31.8 Å². The molecule has 0 radical (unpaired) electrons. The first kappa shape index (κ1) is 15.1. The molecule has 2 aromatic heterocycles. The van der Waals surface area contributed by atoms with Gasteiger partial charge in [0.2, 0.25) is 0 Å². The van der Waals surface area contributed by atoms with Crippen molar-refractivity contribution in [3.8, 4) is 0 Å². The van der Waals surface area contributed by atoms with Crippen molar-refractivity contribution in [2.24, 2.45) is 7.05 Å². The predicted octanol–water partition coefficient (Wildman–Crippen LogP) is 2.63. The lowest BCUT2D eigenvalue weighted by atomic mass is 10.1. The van der Waals surface area contributed by atoms with E-state index in [-0.39, 0.29) is 12.1 Å². The Bertz CT molecular complexity index is 586. The molecule has 110 valence electrons. The van der Waals surface area contributed by atoms with Crippen LogP contribution in [0.1, 0.15) is 36.7 Å². The fraction of sp³-hybridized carbons (Fsp3) is 0.571. The first-order valence-electron chi connectivity index (χ1n) is 6.82. The van der Waals surface area contributed by atoms with Crippen LogP contribution >= 0.6 is 11.6 Å². The molecular formula is C14H22ClN5. The van der Waals surface area contributed by atoms with Gasteiger partial charge in [-0.15, -0.1) is 0 Å². The molecule has 2 heterocycles. The van der Waals surface area contributed by atoms with Gasteiger partial charge in [0.1, 0.15) is 5.15 Å². The summed E-state index contributed by atoms with van der Waals surface area (Å²) in [6, 6.07) is 0.560. The van der Waals surface area contributed by atoms with Crippen LogP contribution in [0.2, 0.25) is 5.15 Å². The smallest absolute Gasteiger partial charge is 0.131 e. The maximum absolute atomic E-state index is 6.24. The van der Waals surface area contributed by atoms with Crippen molar-refractivity contribution in [1.82, 2.24) is 24.9 Å². The molecule has 0 bridgehead atoms. The SMILES string of the molecule is Cc1cnn([C@@H](C)[C@@H](C)NCc2c(C)nn(C)c2Cl)c1. The third kappa shape index (κ3) is 3.04. The molecule has 0 aromatic carbocycles. The zero-order valence-corrected chi connectivity index (χ0v) is 13.4. The maximum Gasteiger partial charge on any atom is 0.131 e. The van der Waals surface area contributed by atoms with Crippen LogP contribution in [0.3, 0.4) is 0 Å². The summed E-state index contributed by atoms with van der Waals surface area (Å²) in [6.07, 6.45) is 3.94. The molecule has 0 spiro atoms. The van der Waals surface area contributed by atoms with Crippen molar-refractivity contribution in [1.29, 1.82) is 0 Å². The minimum atomic E-state index is 0.277. The second kappa shape index (κ2) is 5.97. The predicted molar refractivity (Wildman–Crippen MR) is 80.9 cm³/mol. The molecule has 20 heavy (non-hydrogen) atoms. The minimum absolute atomic E-state index is 0.277. The molecule has 0 aliphatic carbocycles. The molecule has 0 saturated heterocycles. The van der Waals surface area contributed by atoms with E-state index in [9.17, 15) is 0 Å². The fourth-order valence-electron chi connectivity index (χ4n) is 2.19. The van der Waals surface area contributed by atoms with E-state index < -0.39 is 0 Å². The number of rotatable bonds is 5. The molecule has 0 amide bonds. The van der Waals surface area contributed by atoms with E-state index in [1.165, 1.54) is 5.56 Å². The van der Waals surface area contributed by atoms with Gasteiger partial charge >= 0.3 is 0 Å². The van der Waals surface area contributed by atoms with Crippen LogP contribution in [0.15, 0.2) is 12.4 Å². The number of nitrogens with one attached hydrogen (secondary N) is 1. The van der Waals surface area contributed by atoms with Crippen molar-refractivity contribution in [3.05, 3.63) is 34.4 Å². The lowest BCUT2D eigenvalue weighted by molar-refractivity contribution is 0.364. The number of aromatic nitrogens is 4. The fourth-order valence-corrected chi connectivity index (χ4v) is 2.43. The van der Waals surface area contributed by atoms with Gasteiger partial charge in [-0.05, 0) is 33.3 Å². The van der Waals surface area contributed by atoms with E-state index in [4.69, 9.17) is 11.6 Å². The summed E-state index contributed by atoms with van der Waals surface area (Å²) >= 11 is 6.24. The zero-order valence-electron chi connectivity index (χ0n) is 12.7. The second-order valence-corrected chi connectivity index (χ2v) is 5.74.